The molecule has 0 bridgehead atoms. The minimum absolute atomic E-state index is 0.0468. The van der Waals surface area contributed by atoms with Crippen LogP contribution in [0.25, 0.3) is 6.08 Å². The van der Waals surface area contributed by atoms with E-state index in [2.05, 4.69) is 5.32 Å². The van der Waals surface area contributed by atoms with Gasteiger partial charge in [-0.1, -0.05) is 6.07 Å². The number of carbonyl (C=O) groups excluding carboxylic acids is 2. The number of rotatable bonds is 9. The van der Waals surface area contributed by atoms with Crippen LogP contribution in [-0.4, -0.2) is 76.0 Å². The molecule has 0 unspecified atom stereocenters. The molecule has 37 heavy (non-hydrogen) atoms. The summed E-state index contributed by atoms with van der Waals surface area (Å²) in [6, 6.07) is 6.48. The molecule has 1 heterocycles. The van der Waals surface area contributed by atoms with Gasteiger partial charge in [-0.3, -0.25) is 4.79 Å². The van der Waals surface area contributed by atoms with E-state index in [0.717, 1.165) is 21.8 Å². The maximum absolute atomic E-state index is 12.8. The Morgan fingerprint density at radius 3 is 2.27 bits per heavy atom. The van der Waals surface area contributed by atoms with Gasteiger partial charge in [0, 0.05) is 24.0 Å². The summed E-state index contributed by atoms with van der Waals surface area (Å²) in [6.45, 7) is 5.81. The molecule has 0 atom stereocenters. The fraction of sp³-hybridized carbons (Fsp3) is 0.423. The van der Waals surface area contributed by atoms with Crippen molar-refractivity contribution >= 4 is 51.8 Å². The van der Waals surface area contributed by atoms with E-state index in [9.17, 15) is 19.5 Å². The van der Waals surface area contributed by atoms with Crippen molar-refractivity contribution in [3.8, 4) is 5.75 Å². The van der Waals surface area contributed by atoms with Gasteiger partial charge in [-0.05, 0) is 81.9 Å². The zero-order valence-corrected chi connectivity index (χ0v) is 24.0. The lowest BCUT2D eigenvalue weighted by Crippen LogP contribution is -2.37. The quantitative estimate of drug-likeness (QED) is 0.180. The third kappa shape index (κ3) is 12.2. The number of aldehydes is 1. The first kappa shape index (κ1) is 32.0. The Morgan fingerprint density at radius 1 is 1.16 bits per heavy atom. The van der Waals surface area contributed by atoms with Crippen molar-refractivity contribution in [2.45, 2.75) is 39.3 Å². The zero-order chi connectivity index (χ0) is 28.4. The highest BCUT2D eigenvalue weighted by molar-refractivity contribution is 8.27. The van der Waals surface area contributed by atoms with Gasteiger partial charge in [0.25, 0.3) is 0 Å². The van der Waals surface area contributed by atoms with Crippen LogP contribution in [0, 0.1) is 0 Å². The Morgan fingerprint density at radius 2 is 1.78 bits per heavy atom. The molecule has 0 radical (unpaired) electrons. The lowest BCUT2D eigenvalue weighted by Gasteiger charge is -2.27. The summed E-state index contributed by atoms with van der Waals surface area (Å²) in [4.78, 5) is 37.3. The van der Waals surface area contributed by atoms with Crippen LogP contribution in [0.15, 0.2) is 30.3 Å². The maximum Gasteiger partial charge on any atom is 0.410 e. The monoisotopic (exact) mass is 554 g/mol. The number of hydrogen-bond acceptors (Lipinski definition) is 8. The summed E-state index contributed by atoms with van der Waals surface area (Å²) in [7, 11) is 0.501. The summed E-state index contributed by atoms with van der Waals surface area (Å²) < 4.78 is 14.1. The van der Waals surface area contributed by atoms with E-state index < -0.39 is 28.0 Å². The van der Waals surface area contributed by atoms with Crippen LogP contribution in [0.4, 0.5) is 10.5 Å². The summed E-state index contributed by atoms with van der Waals surface area (Å²) in [5.74, 6) is -0.967. The Hall–Kier alpha value is -3.02. The first-order valence-corrected chi connectivity index (χ1v) is 15.0. The van der Waals surface area contributed by atoms with Gasteiger partial charge in [-0.15, -0.1) is 21.6 Å². The van der Waals surface area contributed by atoms with Crippen LogP contribution in [0.2, 0.25) is 0 Å². The smallest absolute Gasteiger partial charge is 0.410 e. The molecule has 1 aromatic carbocycles. The highest BCUT2D eigenvalue weighted by Gasteiger charge is 2.23. The molecule has 0 aliphatic carbocycles. The van der Waals surface area contributed by atoms with E-state index in [1.54, 1.807) is 52.1 Å². The normalized spacial score (nSPS) is 11.9. The molecule has 1 amide bonds. The second-order valence-corrected chi connectivity index (χ2v) is 14.5. The summed E-state index contributed by atoms with van der Waals surface area (Å²) in [6.07, 6.45) is 8.97. The van der Waals surface area contributed by atoms with E-state index in [1.165, 1.54) is 17.0 Å². The van der Waals surface area contributed by atoms with E-state index in [1.807, 2.05) is 18.8 Å². The average molecular weight is 555 g/mol. The number of benzene rings is 1. The average Bonchev–Trinajstić information content (AvgIpc) is 3.22. The molecule has 206 valence electrons. The van der Waals surface area contributed by atoms with Gasteiger partial charge < -0.3 is 29.7 Å². The number of phenols is 1. The van der Waals surface area contributed by atoms with Crippen molar-refractivity contribution < 1.29 is 33.9 Å². The van der Waals surface area contributed by atoms with Crippen LogP contribution in [0.1, 0.15) is 46.4 Å². The predicted molar refractivity (Wildman–Crippen MR) is 152 cm³/mol. The molecule has 4 N–H and O–H groups in total. The zero-order valence-electron chi connectivity index (χ0n) is 22.4. The number of carboxylic acid groups (broad SMARTS) is 1. The standard InChI is InChI=1S/C23H28N2O6S.C3H10OS/c1-23(2,3)31-22(30)25(14-16-8-10-19(32-16)21(28)29)12-11-15-7-9-18(27)20(24-4)17(15)6-5-13-26;1-5(2,3)4/h5-10,13,24,27H,11-12,14H2,1-4H3,(H,28,29);4H,1-3H3/b6-5-;. The number of nitrogens with one attached hydrogen (secondary N) is 1. The molecule has 9 nitrogen and oxygen atoms in total. The second-order valence-electron chi connectivity index (χ2n) is 9.77. The Bertz CT molecular complexity index is 1090. The lowest BCUT2D eigenvalue weighted by atomic mass is 10.0. The van der Waals surface area contributed by atoms with Gasteiger partial charge in [0.1, 0.15) is 22.5 Å². The van der Waals surface area contributed by atoms with Gasteiger partial charge in [-0.25, -0.2) is 9.59 Å². The molecule has 1 aromatic heterocycles. The van der Waals surface area contributed by atoms with Crippen molar-refractivity contribution in [1.82, 2.24) is 4.90 Å². The highest BCUT2D eigenvalue weighted by Crippen LogP contribution is 2.32. The van der Waals surface area contributed by atoms with E-state index in [0.29, 0.717) is 24.0 Å². The number of allylic oxidation sites excluding steroid dienone is 1. The first-order chi connectivity index (χ1) is 17.1. The molecule has 0 aliphatic rings. The number of amides is 1. The van der Waals surface area contributed by atoms with Gasteiger partial charge in [0.2, 0.25) is 0 Å². The molecular formula is C26H38N2O7S2. The molecule has 11 heteroatoms. The number of anilines is 1. The van der Waals surface area contributed by atoms with Gasteiger partial charge in [-0.2, -0.15) is 0 Å². The number of nitrogens with zero attached hydrogens (tertiary/aromatic N) is 1. The van der Waals surface area contributed by atoms with Gasteiger partial charge in [0.15, 0.2) is 0 Å². The predicted octanol–water partition coefficient (Wildman–Crippen LogP) is 5.54. The Labute approximate surface area is 224 Å². The molecular weight excluding hydrogens is 516 g/mol. The molecule has 2 aromatic rings. The largest absolute Gasteiger partial charge is 0.506 e. The fourth-order valence-corrected chi connectivity index (χ4v) is 3.90. The number of aromatic hydroxyl groups is 1. The van der Waals surface area contributed by atoms with Crippen molar-refractivity contribution in [2.75, 3.05) is 37.7 Å². The van der Waals surface area contributed by atoms with Crippen molar-refractivity contribution in [3.63, 3.8) is 0 Å². The molecule has 0 saturated carbocycles. The van der Waals surface area contributed by atoms with Crippen LogP contribution in [0.5, 0.6) is 5.75 Å². The number of carbonyl (C=O) groups is 3. The van der Waals surface area contributed by atoms with E-state index >= 15 is 0 Å². The SMILES string of the molecule is CNc1c(O)ccc(CCN(Cc2ccc(C(=O)O)s2)C(=O)OC(C)(C)C)c1/C=C\C=O.CS(C)(C)O. The molecule has 0 saturated heterocycles. The number of aromatic carboxylic acids is 1. The Balaban J connectivity index is 0.00000124. The third-order valence-electron chi connectivity index (χ3n) is 4.43. The summed E-state index contributed by atoms with van der Waals surface area (Å²) in [5, 5.41) is 22.2. The van der Waals surface area contributed by atoms with Gasteiger partial charge in [0.05, 0.1) is 12.2 Å². The first-order valence-electron chi connectivity index (χ1n) is 11.4. The van der Waals surface area contributed by atoms with Crippen LogP contribution < -0.4 is 5.32 Å². The third-order valence-corrected chi connectivity index (χ3v) is 5.49. The van der Waals surface area contributed by atoms with Gasteiger partial charge >= 0.3 is 12.1 Å². The lowest BCUT2D eigenvalue weighted by molar-refractivity contribution is -0.104. The number of ether oxygens (including phenoxy) is 1. The topological polar surface area (TPSA) is 136 Å². The number of phenolic OH excluding ortho intramolecular Hbond substituents is 1. The summed E-state index contributed by atoms with van der Waals surface area (Å²) in [5.41, 5.74) is 1.25. The van der Waals surface area contributed by atoms with Crippen LogP contribution >= 0.6 is 21.6 Å². The van der Waals surface area contributed by atoms with Crippen molar-refractivity contribution in [3.05, 3.63) is 51.2 Å². The minimum Gasteiger partial charge on any atom is -0.506 e. The van der Waals surface area contributed by atoms with E-state index in [4.69, 9.17) is 14.4 Å². The van der Waals surface area contributed by atoms with E-state index in [-0.39, 0.29) is 23.7 Å². The highest BCUT2D eigenvalue weighted by atomic mass is 32.3. The Kier molecular flexibility index (Phi) is 12.2. The summed E-state index contributed by atoms with van der Waals surface area (Å²) >= 11 is 1.11. The van der Waals surface area contributed by atoms with Crippen LogP contribution in [-0.2, 0) is 22.5 Å². The van der Waals surface area contributed by atoms with Crippen LogP contribution in [0.3, 0.4) is 0 Å². The number of thiophene rings is 1. The van der Waals surface area contributed by atoms with Crippen molar-refractivity contribution in [2.24, 2.45) is 0 Å². The fourth-order valence-electron chi connectivity index (χ4n) is 3.04. The number of carboxylic acids is 1. The number of hydrogen-bond donors (Lipinski definition) is 4. The molecule has 2 rings (SSSR count). The maximum atomic E-state index is 12.8. The second kappa shape index (κ2) is 14.1. The molecule has 0 spiro atoms. The van der Waals surface area contributed by atoms with Crippen molar-refractivity contribution in [1.29, 1.82) is 0 Å². The minimum atomic E-state index is -1.17. The molecule has 0 fully saturated rings. The molecule has 0 aliphatic heterocycles.